The first-order valence-corrected chi connectivity index (χ1v) is 13.3. The van der Waals surface area contributed by atoms with E-state index in [2.05, 4.69) is 69.5 Å². The first kappa shape index (κ1) is 25.4. The Morgan fingerprint density at radius 2 is 1.89 bits per heavy atom. The number of aromatic nitrogens is 2. The topological polar surface area (TPSA) is 90.9 Å². The quantitative estimate of drug-likeness (QED) is 0.587. The highest BCUT2D eigenvalue weighted by Crippen LogP contribution is 2.49. The highest BCUT2D eigenvalue weighted by atomic mass is 16.5. The molecule has 2 saturated carbocycles. The van der Waals surface area contributed by atoms with Gasteiger partial charge in [0.2, 0.25) is 5.91 Å². The zero-order valence-corrected chi connectivity index (χ0v) is 22.2. The summed E-state index contributed by atoms with van der Waals surface area (Å²) >= 11 is 0. The number of hydrogen-bond donors (Lipinski definition) is 1. The molecule has 1 saturated heterocycles. The predicted molar refractivity (Wildman–Crippen MR) is 141 cm³/mol. The third-order valence-electron chi connectivity index (χ3n) is 8.89. The Labute approximate surface area is 219 Å². The van der Waals surface area contributed by atoms with E-state index in [4.69, 9.17) is 4.74 Å². The molecular formula is C28H38N6O3. The summed E-state index contributed by atoms with van der Waals surface area (Å²) in [5.41, 5.74) is 1.04. The third-order valence-corrected chi connectivity index (χ3v) is 8.89. The van der Waals surface area contributed by atoms with Crippen molar-refractivity contribution in [3.8, 4) is 5.75 Å². The van der Waals surface area contributed by atoms with Gasteiger partial charge in [-0.2, -0.15) is 0 Å². The number of nitrogens with one attached hydrogen (secondary N) is 1. The molecule has 2 aliphatic carbocycles. The van der Waals surface area contributed by atoms with Gasteiger partial charge in [-0.3, -0.25) is 9.69 Å². The maximum atomic E-state index is 13.7. The Kier molecular flexibility index (Phi) is 7.07. The van der Waals surface area contributed by atoms with Crippen molar-refractivity contribution in [2.75, 3.05) is 46.2 Å². The fourth-order valence-corrected chi connectivity index (χ4v) is 6.42. The second kappa shape index (κ2) is 10.3. The second-order valence-electron chi connectivity index (χ2n) is 11.1. The van der Waals surface area contributed by atoms with Crippen LogP contribution in [0.3, 0.4) is 0 Å². The summed E-state index contributed by atoms with van der Waals surface area (Å²) in [6.45, 7) is 1.36. The molecule has 1 aromatic heterocycles. The molecule has 3 aliphatic rings. The maximum absolute atomic E-state index is 13.7. The number of carbonyl (C=O) groups is 2. The number of nitrogens with zero attached hydrogens (tertiary/aromatic N) is 5. The van der Waals surface area contributed by atoms with Gasteiger partial charge in [0.25, 0.3) is 0 Å². The van der Waals surface area contributed by atoms with E-state index >= 15 is 0 Å². The van der Waals surface area contributed by atoms with Gasteiger partial charge >= 0.3 is 6.03 Å². The van der Waals surface area contributed by atoms with Crippen LogP contribution in [0.2, 0.25) is 0 Å². The van der Waals surface area contributed by atoms with Crippen LogP contribution in [0.25, 0.3) is 0 Å². The van der Waals surface area contributed by atoms with E-state index in [9.17, 15) is 9.59 Å². The lowest BCUT2D eigenvalue weighted by molar-refractivity contribution is -0.116. The number of methoxy groups -OCH3 is 1. The monoisotopic (exact) mass is 506 g/mol. The lowest BCUT2D eigenvalue weighted by atomic mass is 9.68. The van der Waals surface area contributed by atoms with Crippen LogP contribution >= 0.6 is 0 Å². The lowest BCUT2D eigenvalue weighted by Crippen LogP contribution is -2.56. The molecule has 0 unspecified atom stereocenters. The average molecular weight is 507 g/mol. The molecule has 3 amide bonds. The van der Waals surface area contributed by atoms with Gasteiger partial charge in [0.1, 0.15) is 12.9 Å². The normalized spacial score (nSPS) is 26.0. The zero-order valence-electron chi connectivity index (χ0n) is 22.2. The number of hydrogen-bond acceptors (Lipinski definition) is 6. The number of benzene rings is 1. The van der Waals surface area contributed by atoms with Gasteiger partial charge in [0.15, 0.2) is 11.6 Å². The molecule has 2 aromatic rings. The van der Waals surface area contributed by atoms with E-state index in [0.29, 0.717) is 24.0 Å². The van der Waals surface area contributed by atoms with Crippen molar-refractivity contribution in [2.45, 2.75) is 56.0 Å². The Morgan fingerprint density at radius 1 is 1.16 bits per heavy atom. The van der Waals surface area contributed by atoms with Crippen molar-refractivity contribution < 1.29 is 14.3 Å². The van der Waals surface area contributed by atoms with Crippen LogP contribution in [0.5, 0.6) is 5.75 Å². The van der Waals surface area contributed by atoms with E-state index in [1.54, 1.807) is 4.90 Å². The van der Waals surface area contributed by atoms with Crippen molar-refractivity contribution in [3.05, 3.63) is 48.4 Å². The molecule has 1 aliphatic heterocycles. The Bertz CT molecular complexity index is 1110. The molecule has 3 fully saturated rings. The van der Waals surface area contributed by atoms with Crippen LogP contribution in [0.4, 0.5) is 10.6 Å². The molecule has 0 radical (unpaired) electrons. The van der Waals surface area contributed by atoms with E-state index in [0.717, 1.165) is 32.2 Å². The second-order valence-corrected chi connectivity index (χ2v) is 11.1. The number of urea groups is 1. The highest BCUT2D eigenvalue weighted by Gasteiger charge is 2.55. The lowest BCUT2D eigenvalue weighted by Gasteiger charge is -2.51. The van der Waals surface area contributed by atoms with E-state index in [1.165, 1.54) is 44.5 Å². The van der Waals surface area contributed by atoms with E-state index in [1.807, 2.05) is 0 Å². The molecule has 198 valence electrons. The number of rotatable bonds is 8. The number of anilines is 1. The van der Waals surface area contributed by atoms with Crippen molar-refractivity contribution >= 4 is 17.8 Å². The molecule has 1 spiro atoms. The van der Waals surface area contributed by atoms with Gasteiger partial charge in [-0.1, -0.05) is 36.8 Å². The van der Waals surface area contributed by atoms with Crippen LogP contribution in [0, 0.1) is 5.92 Å². The minimum absolute atomic E-state index is 0.00752. The standard InChI is InChI=1S/C28H38N6O3/c1-32(2)28(22-10-5-4-6-11-22)14-12-27(13-15-28)19-33(26(36)34(27)17-21-8-7-9-21)18-24(35)31-25-23(37-3)16-29-20-30-25/h4-6,10-11,16,20-21H,7-9,12-15,17-19H2,1-3H3,(H,29,30,31,35). The fraction of sp³-hybridized carbons (Fsp3) is 0.571. The Balaban J connectivity index is 1.34. The van der Waals surface area contributed by atoms with Gasteiger partial charge in [-0.05, 0) is 64.1 Å². The summed E-state index contributed by atoms with van der Waals surface area (Å²) in [7, 11) is 5.83. The number of ether oxygens (including phenoxy) is 1. The van der Waals surface area contributed by atoms with Gasteiger partial charge in [0.05, 0.1) is 18.8 Å². The molecule has 1 N–H and O–H groups in total. The van der Waals surface area contributed by atoms with Crippen LogP contribution in [-0.4, -0.2) is 83.0 Å². The molecular weight excluding hydrogens is 468 g/mol. The molecule has 37 heavy (non-hydrogen) atoms. The van der Waals surface area contributed by atoms with Crippen molar-refractivity contribution in [3.63, 3.8) is 0 Å². The van der Waals surface area contributed by atoms with Crippen molar-refractivity contribution in [2.24, 2.45) is 5.92 Å². The average Bonchev–Trinajstić information content (AvgIpc) is 3.12. The number of amides is 3. The molecule has 0 bridgehead atoms. The maximum Gasteiger partial charge on any atom is 0.321 e. The predicted octanol–water partition coefficient (Wildman–Crippen LogP) is 3.73. The van der Waals surface area contributed by atoms with Crippen LogP contribution in [0.1, 0.15) is 50.5 Å². The summed E-state index contributed by atoms with van der Waals surface area (Å²) in [4.78, 5) is 41.0. The minimum atomic E-state index is -0.284. The molecule has 1 aromatic carbocycles. The minimum Gasteiger partial charge on any atom is -0.491 e. The summed E-state index contributed by atoms with van der Waals surface area (Å²) in [5, 5.41) is 2.79. The van der Waals surface area contributed by atoms with Gasteiger partial charge in [0, 0.05) is 18.6 Å². The van der Waals surface area contributed by atoms with Gasteiger partial charge in [-0.15, -0.1) is 0 Å². The zero-order chi connectivity index (χ0) is 26.0. The number of carbonyl (C=O) groups excluding carboxylic acids is 2. The van der Waals surface area contributed by atoms with Crippen molar-refractivity contribution in [1.29, 1.82) is 0 Å². The summed E-state index contributed by atoms with van der Waals surface area (Å²) in [6.07, 6.45) is 10.2. The summed E-state index contributed by atoms with van der Waals surface area (Å²) in [5.74, 6) is 0.981. The van der Waals surface area contributed by atoms with Crippen LogP contribution in [0.15, 0.2) is 42.9 Å². The van der Waals surface area contributed by atoms with Crippen molar-refractivity contribution in [1.82, 2.24) is 24.7 Å². The molecule has 2 heterocycles. The van der Waals surface area contributed by atoms with Crippen LogP contribution < -0.4 is 10.1 Å². The first-order chi connectivity index (χ1) is 17.9. The van der Waals surface area contributed by atoms with E-state index in [-0.39, 0.29) is 29.6 Å². The first-order valence-electron chi connectivity index (χ1n) is 13.3. The van der Waals surface area contributed by atoms with E-state index < -0.39 is 0 Å². The Hall–Kier alpha value is -3.20. The molecule has 5 rings (SSSR count). The van der Waals surface area contributed by atoms with Crippen LogP contribution in [-0.2, 0) is 10.3 Å². The summed E-state index contributed by atoms with van der Waals surface area (Å²) < 4.78 is 5.25. The molecule has 0 atom stereocenters. The largest absolute Gasteiger partial charge is 0.491 e. The Morgan fingerprint density at radius 3 is 2.51 bits per heavy atom. The van der Waals surface area contributed by atoms with Gasteiger partial charge in [-0.25, -0.2) is 14.8 Å². The highest BCUT2D eigenvalue weighted by molar-refractivity contribution is 5.95. The summed E-state index contributed by atoms with van der Waals surface area (Å²) in [6, 6.07) is 10.7. The molecule has 9 heteroatoms. The smallest absolute Gasteiger partial charge is 0.321 e. The molecule has 9 nitrogen and oxygen atoms in total. The third kappa shape index (κ3) is 4.77. The van der Waals surface area contributed by atoms with Gasteiger partial charge < -0.3 is 19.9 Å². The SMILES string of the molecule is COc1cncnc1NC(=O)CN1CC2(CCC(c3ccccc3)(N(C)C)CC2)N(CC2CCC2)C1=O. The fourth-order valence-electron chi connectivity index (χ4n) is 6.42.